The first-order chi connectivity index (χ1) is 9.45. The number of hydrogen-bond acceptors (Lipinski definition) is 3. The lowest BCUT2D eigenvalue weighted by atomic mass is 9.91. The molecule has 0 aromatic heterocycles. The number of carbonyl (C=O) groups excluding carboxylic acids is 1. The van der Waals surface area contributed by atoms with Crippen LogP contribution in [-0.2, 0) is 4.79 Å². The van der Waals surface area contributed by atoms with Gasteiger partial charge < -0.3 is 10.0 Å². The molecule has 0 bridgehead atoms. The number of amides is 1. The fourth-order valence-corrected chi connectivity index (χ4v) is 2.71. The Kier molecular flexibility index (Phi) is 4.45. The molecule has 0 aliphatic carbocycles. The van der Waals surface area contributed by atoms with Crippen LogP contribution < -0.4 is 4.90 Å². The van der Waals surface area contributed by atoms with Gasteiger partial charge in [0.2, 0.25) is 5.91 Å². The maximum atomic E-state index is 12.5. The molecule has 20 heavy (non-hydrogen) atoms. The van der Waals surface area contributed by atoms with Crippen molar-refractivity contribution in [3.8, 4) is 0 Å². The smallest absolute Gasteiger partial charge is 0.241 e. The van der Waals surface area contributed by atoms with Crippen molar-refractivity contribution in [2.75, 3.05) is 24.5 Å². The summed E-state index contributed by atoms with van der Waals surface area (Å²) in [7, 11) is 0. The zero-order valence-corrected chi connectivity index (χ0v) is 12.5. The van der Waals surface area contributed by atoms with Crippen molar-refractivity contribution in [3.63, 3.8) is 0 Å². The molecule has 1 heterocycles. The molecule has 1 saturated heterocycles. The lowest BCUT2D eigenvalue weighted by Crippen LogP contribution is -2.63. The van der Waals surface area contributed by atoms with Crippen LogP contribution in [-0.4, -0.2) is 47.2 Å². The summed E-state index contributed by atoms with van der Waals surface area (Å²) in [5.41, 5.74) is 0.342. The third-order valence-electron chi connectivity index (χ3n) is 3.87. The summed E-state index contributed by atoms with van der Waals surface area (Å²) in [6, 6.07) is 9.86. The van der Waals surface area contributed by atoms with E-state index in [4.69, 9.17) is 0 Å². The Morgan fingerprint density at radius 2 is 1.95 bits per heavy atom. The standard InChI is InChI=1S/C16H24N2O2/c1-4-16(20)11-17(12-16)10-15(19)18(13(2)3)14-8-6-5-7-9-14/h5-9,13,20H,4,10-12H2,1-3H3. The van der Waals surface area contributed by atoms with E-state index in [2.05, 4.69) is 0 Å². The van der Waals surface area contributed by atoms with Crippen molar-refractivity contribution in [2.45, 2.75) is 38.8 Å². The summed E-state index contributed by atoms with van der Waals surface area (Å²) in [5.74, 6) is 0.0874. The van der Waals surface area contributed by atoms with Gasteiger partial charge in [-0.15, -0.1) is 0 Å². The molecule has 0 radical (unpaired) electrons. The van der Waals surface area contributed by atoms with E-state index in [0.717, 1.165) is 12.1 Å². The Morgan fingerprint density at radius 1 is 1.35 bits per heavy atom. The molecule has 2 rings (SSSR count). The van der Waals surface area contributed by atoms with Crippen LogP contribution in [0.25, 0.3) is 0 Å². The molecule has 0 atom stereocenters. The number of carbonyl (C=O) groups is 1. The van der Waals surface area contributed by atoms with Gasteiger partial charge in [-0.3, -0.25) is 9.69 Å². The Labute approximate surface area is 121 Å². The number of benzene rings is 1. The predicted molar refractivity (Wildman–Crippen MR) is 80.7 cm³/mol. The average molecular weight is 276 g/mol. The molecule has 0 unspecified atom stereocenters. The number of rotatable bonds is 5. The number of aliphatic hydroxyl groups is 1. The van der Waals surface area contributed by atoms with E-state index < -0.39 is 5.60 Å². The van der Waals surface area contributed by atoms with Gasteiger partial charge in [0.15, 0.2) is 0 Å². The lowest BCUT2D eigenvalue weighted by Gasteiger charge is -2.46. The predicted octanol–water partition coefficient (Wildman–Crippen LogP) is 1.88. The minimum Gasteiger partial charge on any atom is -0.387 e. The fraction of sp³-hybridized carbons (Fsp3) is 0.562. The van der Waals surface area contributed by atoms with Crippen LogP contribution in [0.15, 0.2) is 30.3 Å². The maximum absolute atomic E-state index is 12.5. The minimum absolute atomic E-state index is 0.0874. The van der Waals surface area contributed by atoms with Crippen molar-refractivity contribution in [2.24, 2.45) is 0 Å². The van der Waals surface area contributed by atoms with Gasteiger partial charge in [-0.2, -0.15) is 0 Å². The van der Waals surface area contributed by atoms with E-state index in [-0.39, 0.29) is 11.9 Å². The van der Waals surface area contributed by atoms with E-state index in [0.29, 0.717) is 19.6 Å². The van der Waals surface area contributed by atoms with Crippen LogP contribution in [0.5, 0.6) is 0 Å². The number of anilines is 1. The highest BCUT2D eigenvalue weighted by molar-refractivity contribution is 5.95. The van der Waals surface area contributed by atoms with Crippen molar-refractivity contribution in [3.05, 3.63) is 30.3 Å². The van der Waals surface area contributed by atoms with Crippen LogP contribution in [0.4, 0.5) is 5.69 Å². The van der Waals surface area contributed by atoms with E-state index in [1.165, 1.54) is 0 Å². The summed E-state index contributed by atoms with van der Waals surface area (Å²) in [5, 5.41) is 10.0. The number of β-amino-alcohol motifs (C(OH)–C–C–N with tert-alkyl or cyclic N) is 1. The van der Waals surface area contributed by atoms with E-state index in [1.54, 1.807) is 0 Å². The quantitative estimate of drug-likeness (QED) is 0.893. The molecule has 1 aliphatic rings. The number of hydrogen-bond donors (Lipinski definition) is 1. The lowest BCUT2D eigenvalue weighted by molar-refractivity contribution is -0.131. The average Bonchev–Trinajstić information content (AvgIpc) is 2.37. The minimum atomic E-state index is -0.588. The highest BCUT2D eigenvalue weighted by Crippen LogP contribution is 2.24. The second-order valence-corrected chi connectivity index (χ2v) is 5.92. The summed E-state index contributed by atoms with van der Waals surface area (Å²) in [6.45, 7) is 7.57. The second-order valence-electron chi connectivity index (χ2n) is 5.92. The normalized spacial score (nSPS) is 17.9. The van der Waals surface area contributed by atoms with Crippen LogP contribution in [0.3, 0.4) is 0 Å². The van der Waals surface area contributed by atoms with Gasteiger partial charge in [0.25, 0.3) is 0 Å². The van der Waals surface area contributed by atoms with E-state index in [1.807, 2.05) is 60.9 Å². The van der Waals surface area contributed by atoms with Crippen LogP contribution in [0.1, 0.15) is 27.2 Å². The van der Waals surface area contributed by atoms with Crippen molar-refractivity contribution in [1.82, 2.24) is 4.90 Å². The maximum Gasteiger partial charge on any atom is 0.241 e. The Balaban J connectivity index is 1.99. The Bertz CT molecular complexity index is 453. The summed E-state index contributed by atoms with van der Waals surface area (Å²) >= 11 is 0. The topological polar surface area (TPSA) is 43.8 Å². The van der Waals surface area contributed by atoms with Crippen LogP contribution >= 0.6 is 0 Å². The molecule has 4 nitrogen and oxygen atoms in total. The molecule has 110 valence electrons. The van der Waals surface area contributed by atoms with Gasteiger partial charge in [-0.25, -0.2) is 0 Å². The molecule has 1 aromatic carbocycles. The SMILES string of the molecule is CCC1(O)CN(CC(=O)N(c2ccccc2)C(C)C)C1. The molecule has 0 saturated carbocycles. The van der Waals surface area contributed by atoms with Gasteiger partial charge in [-0.1, -0.05) is 25.1 Å². The van der Waals surface area contributed by atoms with Crippen molar-refractivity contribution < 1.29 is 9.90 Å². The third-order valence-corrected chi connectivity index (χ3v) is 3.87. The van der Waals surface area contributed by atoms with Gasteiger partial charge in [0.05, 0.1) is 12.1 Å². The molecule has 1 N–H and O–H groups in total. The van der Waals surface area contributed by atoms with Crippen LogP contribution in [0.2, 0.25) is 0 Å². The monoisotopic (exact) mass is 276 g/mol. The molecular weight excluding hydrogens is 252 g/mol. The molecule has 1 aromatic rings. The van der Waals surface area contributed by atoms with Crippen molar-refractivity contribution >= 4 is 11.6 Å². The van der Waals surface area contributed by atoms with E-state index >= 15 is 0 Å². The Hall–Kier alpha value is -1.39. The summed E-state index contributed by atoms with van der Waals surface area (Å²) in [4.78, 5) is 16.3. The first kappa shape index (κ1) is 15.0. The molecule has 1 fully saturated rings. The fourth-order valence-electron chi connectivity index (χ4n) is 2.71. The molecule has 0 spiro atoms. The van der Waals surface area contributed by atoms with Gasteiger partial charge in [-0.05, 0) is 32.4 Å². The van der Waals surface area contributed by atoms with Gasteiger partial charge in [0, 0.05) is 24.8 Å². The highest BCUT2D eigenvalue weighted by Gasteiger charge is 2.40. The number of likely N-dealkylation sites (tertiary alicyclic amines) is 1. The van der Waals surface area contributed by atoms with E-state index in [9.17, 15) is 9.90 Å². The van der Waals surface area contributed by atoms with Crippen molar-refractivity contribution in [1.29, 1.82) is 0 Å². The number of nitrogens with zero attached hydrogens (tertiary/aromatic N) is 2. The highest BCUT2D eigenvalue weighted by atomic mass is 16.3. The zero-order chi connectivity index (χ0) is 14.8. The zero-order valence-electron chi connectivity index (χ0n) is 12.5. The third kappa shape index (κ3) is 3.19. The number of para-hydroxylation sites is 1. The first-order valence-corrected chi connectivity index (χ1v) is 7.27. The molecule has 4 heteroatoms. The summed E-state index contributed by atoms with van der Waals surface area (Å²) in [6.07, 6.45) is 0.740. The second kappa shape index (κ2) is 5.94. The summed E-state index contributed by atoms with van der Waals surface area (Å²) < 4.78 is 0. The molecule has 1 amide bonds. The van der Waals surface area contributed by atoms with Gasteiger partial charge in [0.1, 0.15) is 0 Å². The van der Waals surface area contributed by atoms with Gasteiger partial charge >= 0.3 is 0 Å². The largest absolute Gasteiger partial charge is 0.387 e. The Morgan fingerprint density at radius 3 is 2.45 bits per heavy atom. The molecular formula is C16H24N2O2. The molecule has 1 aliphatic heterocycles. The van der Waals surface area contributed by atoms with Crippen LogP contribution in [0, 0.1) is 0 Å². The first-order valence-electron chi connectivity index (χ1n) is 7.27.